The number of alkyl halides is 3. The van der Waals surface area contributed by atoms with Crippen LogP contribution < -0.4 is 5.32 Å². The molecule has 0 radical (unpaired) electrons. The molecule has 2 aromatic rings. The van der Waals surface area contributed by atoms with Crippen LogP contribution in [-0.2, 0) is 12.7 Å². The standard InChI is InChI=1S/C16H15ClF3N/c1-10-3-4-12(11(2)7-10)9-21-13-5-6-15(17)14(8-13)16(18,19)20/h3-8,21H,9H2,1-2H3. The summed E-state index contributed by atoms with van der Waals surface area (Å²) in [5, 5.41) is 2.71. The molecule has 112 valence electrons. The van der Waals surface area contributed by atoms with Crippen LogP contribution in [0.2, 0.25) is 5.02 Å². The summed E-state index contributed by atoms with van der Waals surface area (Å²) in [6, 6.07) is 9.83. The van der Waals surface area contributed by atoms with Gasteiger partial charge in [0, 0.05) is 12.2 Å². The molecule has 0 unspecified atom stereocenters. The van der Waals surface area contributed by atoms with Crippen LogP contribution in [0.15, 0.2) is 36.4 Å². The summed E-state index contributed by atoms with van der Waals surface area (Å²) in [6.45, 7) is 4.44. The highest BCUT2D eigenvalue weighted by Crippen LogP contribution is 2.36. The number of benzene rings is 2. The summed E-state index contributed by atoms with van der Waals surface area (Å²) in [5.41, 5.74) is 2.88. The molecule has 21 heavy (non-hydrogen) atoms. The molecule has 0 saturated carbocycles. The van der Waals surface area contributed by atoms with E-state index in [9.17, 15) is 13.2 Å². The highest BCUT2D eigenvalue weighted by atomic mass is 35.5. The van der Waals surface area contributed by atoms with Gasteiger partial charge in [0.1, 0.15) is 0 Å². The van der Waals surface area contributed by atoms with Crippen molar-refractivity contribution in [1.29, 1.82) is 0 Å². The molecule has 0 spiro atoms. The molecule has 0 aromatic heterocycles. The van der Waals surface area contributed by atoms with Crippen molar-refractivity contribution in [3.05, 3.63) is 63.7 Å². The maximum Gasteiger partial charge on any atom is 0.417 e. The van der Waals surface area contributed by atoms with Crippen LogP contribution in [0.3, 0.4) is 0 Å². The smallest absolute Gasteiger partial charge is 0.381 e. The van der Waals surface area contributed by atoms with Gasteiger partial charge in [0.25, 0.3) is 0 Å². The van der Waals surface area contributed by atoms with Gasteiger partial charge in [-0.3, -0.25) is 0 Å². The molecule has 0 aliphatic carbocycles. The highest BCUT2D eigenvalue weighted by molar-refractivity contribution is 6.31. The third-order valence-corrected chi connectivity index (χ3v) is 3.58. The Bertz CT molecular complexity index is 650. The quantitative estimate of drug-likeness (QED) is 0.779. The van der Waals surface area contributed by atoms with E-state index in [4.69, 9.17) is 11.6 Å². The number of hydrogen-bond acceptors (Lipinski definition) is 1. The van der Waals surface area contributed by atoms with Gasteiger partial charge in [0.15, 0.2) is 0 Å². The largest absolute Gasteiger partial charge is 0.417 e. The molecule has 2 aromatic carbocycles. The van der Waals surface area contributed by atoms with Crippen molar-refractivity contribution in [2.75, 3.05) is 5.32 Å². The topological polar surface area (TPSA) is 12.0 Å². The lowest BCUT2D eigenvalue weighted by Gasteiger charge is -2.13. The second kappa shape index (κ2) is 5.98. The van der Waals surface area contributed by atoms with E-state index in [1.165, 1.54) is 6.07 Å². The number of rotatable bonds is 3. The van der Waals surface area contributed by atoms with Gasteiger partial charge in [0.05, 0.1) is 10.6 Å². The van der Waals surface area contributed by atoms with Gasteiger partial charge in [-0.2, -0.15) is 13.2 Å². The highest BCUT2D eigenvalue weighted by Gasteiger charge is 2.33. The van der Waals surface area contributed by atoms with Crippen LogP contribution in [0, 0.1) is 13.8 Å². The molecule has 1 N–H and O–H groups in total. The Labute approximate surface area is 126 Å². The van der Waals surface area contributed by atoms with Crippen molar-refractivity contribution in [1.82, 2.24) is 0 Å². The zero-order valence-electron chi connectivity index (χ0n) is 11.7. The van der Waals surface area contributed by atoms with E-state index in [1.807, 2.05) is 32.0 Å². The monoisotopic (exact) mass is 313 g/mol. The zero-order chi connectivity index (χ0) is 15.6. The number of halogens is 4. The minimum absolute atomic E-state index is 0.292. The molecule has 0 atom stereocenters. The Kier molecular flexibility index (Phi) is 4.47. The maximum absolute atomic E-state index is 12.8. The SMILES string of the molecule is Cc1ccc(CNc2ccc(Cl)c(C(F)(F)F)c2)c(C)c1. The Hall–Kier alpha value is -1.68. The molecular formula is C16H15ClF3N. The predicted octanol–water partition coefficient (Wildman–Crippen LogP) is 5.59. The third-order valence-electron chi connectivity index (χ3n) is 3.25. The Morgan fingerprint density at radius 3 is 2.38 bits per heavy atom. The third kappa shape index (κ3) is 3.91. The average Bonchev–Trinajstić information content (AvgIpc) is 2.38. The summed E-state index contributed by atoms with van der Waals surface area (Å²) in [4.78, 5) is 0. The first-order valence-corrected chi connectivity index (χ1v) is 6.82. The van der Waals surface area contributed by atoms with Crippen molar-refractivity contribution in [3.63, 3.8) is 0 Å². The van der Waals surface area contributed by atoms with Crippen LogP contribution in [0.4, 0.5) is 18.9 Å². The predicted molar refractivity (Wildman–Crippen MR) is 79.7 cm³/mol. The first-order valence-electron chi connectivity index (χ1n) is 6.44. The van der Waals surface area contributed by atoms with Crippen molar-refractivity contribution < 1.29 is 13.2 Å². The van der Waals surface area contributed by atoms with Crippen LogP contribution in [0.1, 0.15) is 22.3 Å². The fourth-order valence-electron chi connectivity index (χ4n) is 2.09. The Morgan fingerprint density at radius 2 is 1.76 bits per heavy atom. The molecule has 0 aliphatic rings. The second-order valence-corrected chi connectivity index (χ2v) is 5.38. The molecule has 0 fully saturated rings. The molecule has 2 rings (SSSR count). The summed E-state index contributed by atoms with van der Waals surface area (Å²) in [7, 11) is 0. The molecule has 1 nitrogen and oxygen atoms in total. The number of nitrogens with one attached hydrogen (secondary N) is 1. The number of aryl methyl sites for hydroxylation is 2. The van der Waals surface area contributed by atoms with Crippen molar-refractivity contribution in [3.8, 4) is 0 Å². The van der Waals surface area contributed by atoms with Gasteiger partial charge >= 0.3 is 6.18 Å². The fraction of sp³-hybridized carbons (Fsp3) is 0.250. The minimum atomic E-state index is -4.45. The van der Waals surface area contributed by atoms with Crippen LogP contribution >= 0.6 is 11.6 Å². The molecule has 0 aliphatic heterocycles. The van der Waals surface area contributed by atoms with Gasteiger partial charge in [-0.15, -0.1) is 0 Å². The first kappa shape index (κ1) is 15.7. The van der Waals surface area contributed by atoms with Gasteiger partial charge in [-0.25, -0.2) is 0 Å². The second-order valence-electron chi connectivity index (χ2n) is 4.98. The lowest BCUT2D eigenvalue weighted by Crippen LogP contribution is -2.08. The van der Waals surface area contributed by atoms with E-state index in [0.717, 1.165) is 22.8 Å². The van der Waals surface area contributed by atoms with E-state index >= 15 is 0 Å². The Balaban J connectivity index is 2.17. The zero-order valence-corrected chi connectivity index (χ0v) is 12.4. The van der Waals surface area contributed by atoms with Crippen molar-refractivity contribution in [2.45, 2.75) is 26.6 Å². The van der Waals surface area contributed by atoms with Crippen LogP contribution in [0.25, 0.3) is 0 Å². The number of hydrogen-bond donors (Lipinski definition) is 1. The molecule has 5 heteroatoms. The van der Waals surface area contributed by atoms with E-state index < -0.39 is 11.7 Å². The first-order chi connectivity index (χ1) is 9.77. The Morgan fingerprint density at radius 1 is 1.05 bits per heavy atom. The number of anilines is 1. The van der Waals surface area contributed by atoms with Gasteiger partial charge in [-0.05, 0) is 43.2 Å². The van der Waals surface area contributed by atoms with Gasteiger partial charge in [-0.1, -0.05) is 35.4 Å². The summed E-state index contributed by atoms with van der Waals surface area (Å²) < 4.78 is 38.4. The van der Waals surface area contributed by atoms with Crippen LogP contribution in [-0.4, -0.2) is 0 Å². The molecule has 0 amide bonds. The van der Waals surface area contributed by atoms with Crippen molar-refractivity contribution in [2.24, 2.45) is 0 Å². The average molecular weight is 314 g/mol. The molecule has 0 saturated heterocycles. The van der Waals surface area contributed by atoms with E-state index in [2.05, 4.69) is 5.32 Å². The van der Waals surface area contributed by atoms with E-state index in [-0.39, 0.29) is 5.02 Å². The van der Waals surface area contributed by atoms with E-state index in [1.54, 1.807) is 6.07 Å². The molecule has 0 heterocycles. The lowest BCUT2D eigenvalue weighted by molar-refractivity contribution is -0.137. The fourth-order valence-corrected chi connectivity index (χ4v) is 2.32. The normalized spacial score (nSPS) is 11.5. The summed E-state index contributed by atoms with van der Waals surface area (Å²) in [5.74, 6) is 0. The van der Waals surface area contributed by atoms with Crippen molar-refractivity contribution >= 4 is 17.3 Å². The maximum atomic E-state index is 12.8. The lowest BCUT2D eigenvalue weighted by atomic mass is 10.1. The summed E-state index contributed by atoms with van der Waals surface area (Å²) in [6.07, 6.45) is -4.45. The summed E-state index contributed by atoms with van der Waals surface area (Å²) >= 11 is 5.59. The van der Waals surface area contributed by atoms with Gasteiger partial charge < -0.3 is 5.32 Å². The van der Waals surface area contributed by atoms with Gasteiger partial charge in [0.2, 0.25) is 0 Å². The minimum Gasteiger partial charge on any atom is -0.381 e. The molecule has 0 bridgehead atoms. The molecular weight excluding hydrogens is 299 g/mol. The van der Waals surface area contributed by atoms with E-state index in [0.29, 0.717) is 12.2 Å². The van der Waals surface area contributed by atoms with Crippen LogP contribution in [0.5, 0.6) is 0 Å².